The lowest BCUT2D eigenvalue weighted by Crippen LogP contribution is -2.26. The normalized spacial score (nSPS) is 16.8. The predicted octanol–water partition coefficient (Wildman–Crippen LogP) is 3.65. The lowest BCUT2D eigenvalue weighted by Gasteiger charge is -2.23. The Kier molecular flexibility index (Phi) is 5.23. The molecule has 3 nitrogen and oxygen atoms in total. The van der Waals surface area contributed by atoms with Gasteiger partial charge in [-0.15, -0.1) is 0 Å². The Morgan fingerprint density at radius 3 is 2.63 bits per heavy atom. The highest BCUT2D eigenvalue weighted by atomic mass is 16.7. The second kappa shape index (κ2) is 6.92. The molecule has 0 N–H and O–H groups in total. The first-order valence-electron chi connectivity index (χ1n) is 7.13. The summed E-state index contributed by atoms with van der Waals surface area (Å²) < 4.78 is 16.7. The number of hydrogen-bond acceptors (Lipinski definition) is 3. The Labute approximate surface area is 115 Å². The zero-order valence-corrected chi connectivity index (χ0v) is 12.1. The second-order valence-corrected chi connectivity index (χ2v) is 5.33. The van der Waals surface area contributed by atoms with Gasteiger partial charge in [0.2, 0.25) is 0 Å². The van der Waals surface area contributed by atoms with E-state index in [4.69, 9.17) is 14.2 Å². The summed E-state index contributed by atoms with van der Waals surface area (Å²) in [5.74, 6) is 1.48. The molecule has 1 fully saturated rings. The van der Waals surface area contributed by atoms with Crippen molar-refractivity contribution in [3.05, 3.63) is 29.3 Å². The van der Waals surface area contributed by atoms with Crippen LogP contribution in [0.25, 0.3) is 0 Å². The SMILES string of the molecule is Cc1cc(OCCC2OCCCO2)ccc1C(C)C. The first kappa shape index (κ1) is 14.4. The summed E-state index contributed by atoms with van der Waals surface area (Å²) in [7, 11) is 0. The Bertz CT molecular complexity index is 395. The van der Waals surface area contributed by atoms with Crippen LogP contribution in [0.2, 0.25) is 0 Å². The van der Waals surface area contributed by atoms with E-state index in [9.17, 15) is 0 Å². The maximum Gasteiger partial charge on any atom is 0.160 e. The van der Waals surface area contributed by atoms with Crippen molar-refractivity contribution < 1.29 is 14.2 Å². The molecule has 0 amide bonds. The van der Waals surface area contributed by atoms with Gasteiger partial charge >= 0.3 is 0 Å². The quantitative estimate of drug-likeness (QED) is 0.812. The van der Waals surface area contributed by atoms with Crippen LogP contribution in [0.1, 0.15) is 43.7 Å². The number of aryl methyl sites for hydroxylation is 1. The highest BCUT2D eigenvalue weighted by Crippen LogP contribution is 2.23. The molecule has 2 rings (SSSR count). The van der Waals surface area contributed by atoms with Gasteiger partial charge in [-0.3, -0.25) is 0 Å². The molecular formula is C16H24O3. The minimum absolute atomic E-state index is 0.0928. The second-order valence-electron chi connectivity index (χ2n) is 5.33. The molecule has 0 spiro atoms. The largest absolute Gasteiger partial charge is 0.493 e. The van der Waals surface area contributed by atoms with Crippen LogP contribution < -0.4 is 4.74 Å². The Balaban J connectivity index is 1.81. The first-order valence-corrected chi connectivity index (χ1v) is 7.13. The van der Waals surface area contributed by atoms with Crippen molar-refractivity contribution in [3.8, 4) is 5.75 Å². The first-order chi connectivity index (χ1) is 9.16. The highest BCUT2D eigenvalue weighted by molar-refractivity contribution is 5.36. The van der Waals surface area contributed by atoms with E-state index in [1.54, 1.807) is 0 Å². The molecule has 1 aromatic carbocycles. The van der Waals surface area contributed by atoms with Crippen molar-refractivity contribution in [2.75, 3.05) is 19.8 Å². The van der Waals surface area contributed by atoms with Crippen molar-refractivity contribution in [2.45, 2.75) is 45.8 Å². The van der Waals surface area contributed by atoms with Gasteiger partial charge in [0.1, 0.15) is 5.75 Å². The van der Waals surface area contributed by atoms with Gasteiger partial charge in [-0.05, 0) is 42.5 Å². The predicted molar refractivity (Wildman–Crippen MR) is 75.7 cm³/mol. The summed E-state index contributed by atoms with van der Waals surface area (Å²) in [6.07, 6.45) is 1.68. The molecule has 0 unspecified atom stereocenters. The molecule has 0 radical (unpaired) electrons. The Morgan fingerprint density at radius 2 is 2.00 bits per heavy atom. The van der Waals surface area contributed by atoms with E-state index in [0.29, 0.717) is 12.5 Å². The number of hydrogen-bond donors (Lipinski definition) is 0. The van der Waals surface area contributed by atoms with Crippen LogP contribution in [-0.2, 0) is 9.47 Å². The fourth-order valence-corrected chi connectivity index (χ4v) is 2.36. The van der Waals surface area contributed by atoms with Crippen LogP contribution in [0.15, 0.2) is 18.2 Å². The van der Waals surface area contributed by atoms with Gasteiger partial charge in [-0.2, -0.15) is 0 Å². The third kappa shape index (κ3) is 4.22. The summed E-state index contributed by atoms with van der Waals surface area (Å²) in [6.45, 7) is 8.78. The molecule has 1 aliphatic heterocycles. The molecule has 0 bridgehead atoms. The summed E-state index contributed by atoms with van der Waals surface area (Å²) >= 11 is 0. The van der Waals surface area contributed by atoms with E-state index in [1.165, 1.54) is 11.1 Å². The molecule has 19 heavy (non-hydrogen) atoms. The minimum atomic E-state index is -0.0928. The van der Waals surface area contributed by atoms with Gasteiger partial charge in [-0.25, -0.2) is 0 Å². The molecule has 3 heteroatoms. The van der Waals surface area contributed by atoms with Crippen molar-refractivity contribution in [1.82, 2.24) is 0 Å². The molecule has 0 atom stereocenters. The van der Waals surface area contributed by atoms with Crippen LogP contribution in [0.4, 0.5) is 0 Å². The van der Waals surface area contributed by atoms with Gasteiger partial charge in [0, 0.05) is 6.42 Å². The molecular weight excluding hydrogens is 240 g/mol. The van der Waals surface area contributed by atoms with Gasteiger partial charge in [0.05, 0.1) is 19.8 Å². The van der Waals surface area contributed by atoms with E-state index >= 15 is 0 Å². The number of ether oxygens (including phenoxy) is 3. The van der Waals surface area contributed by atoms with Crippen molar-refractivity contribution >= 4 is 0 Å². The maximum absolute atomic E-state index is 5.76. The van der Waals surface area contributed by atoms with E-state index in [2.05, 4.69) is 32.9 Å². The topological polar surface area (TPSA) is 27.7 Å². The smallest absolute Gasteiger partial charge is 0.160 e. The van der Waals surface area contributed by atoms with E-state index in [-0.39, 0.29) is 6.29 Å². The molecule has 0 aliphatic carbocycles. The monoisotopic (exact) mass is 264 g/mol. The van der Waals surface area contributed by atoms with E-state index < -0.39 is 0 Å². The van der Waals surface area contributed by atoms with Gasteiger partial charge < -0.3 is 14.2 Å². The number of rotatable bonds is 5. The minimum Gasteiger partial charge on any atom is -0.493 e. The van der Waals surface area contributed by atoms with Gasteiger partial charge in [-0.1, -0.05) is 19.9 Å². The molecule has 1 aliphatic rings. The van der Waals surface area contributed by atoms with E-state index in [1.807, 2.05) is 6.07 Å². The zero-order valence-electron chi connectivity index (χ0n) is 12.1. The van der Waals surface area contributed by atoms with Gasteiger partial charge in [0.15, 0.2) is 6.29 Å². The average Bonchev–Trinajstić information content (AvgIpc) is 2.39. The standard InChI is InChI=1S/C16H24O3/c1-12(2)15-6-5-14(11-13(15)3)17-10-7-16-18-8-4-9-19-16/h5-6,11-12,16H,4,7-10H2,1-3H3. The summed E-state index contributed by atoms with van der Waals surface area (Å²) in [5.41, 5.74) is 2.67. The zero-order chi connectivity index (χ0) is 13.7. The third-order valence-electron chi connectivity index (χ3n) is 3.38. The fourth-order valence-electron chi connectivity index (χ4n) is 2.36. The van der Waals surface area contributed by atoms with Crippen molar-refractivity contribution in [2.24, 2.45) is 0 Å². The molecule has 1 aromatic rings. The van der Waals surface area contributed by atoms with Crippen molar-refractivity contribution in [3.63, 3.8) is 0 Å². The lowest BCUT2D eigenvalue weighted by molar-refractivity contribution is -0.183. The van der Waals surface area contributed by atoms with Crippen LogP contribution in [0.3, 0.4) is 0 Å². The third-order valence-corrected chi connectivity index (χ3v) is 3.38. The maximum atomic E-state index is 5.76. The van der Waals surface area contributed by atoms with Crippen LogP contribution in [0, 0.1) is 6.92 Å². The summed E-state index contributed by atoms with van der Waals surface area (Å²) in [6, 6.07) is 6.31. The fraction of sp³-hybridized carbons (Fsp3) is 0.625. The molecule has 0 saturated carbocycles. The molecule has 0 aromatic heterocycles. The summed E-state index contributed by atoms with van der Waals surface area (Å²) in [5, 5.41) is 0. The molecule has 1 saturated heterocycles. The van der Waals surface area contributed by atoms with Gasteiger partial charge in [0.25, 0.3) is 0 Å². The number of benzene rings is 1. The highest BCUT2D eigenvalue weighted by Gasteiger charge is 2.14. The Hall–Kier alpha value is -1.06. The summed E-state index contributed by atoms with van der Waals surface area (Å²) in [4.78, 5) is 0. The van der Waals surface area contributed by atoms with Crippen LogP contribution >= 0.6 is 0 Å². The van der Waals surface area contributed by atoms with Crippen LogP contribution in [-0.4, -0.2) is 26.1 Å². The lowest BCUT2D eigenvalue weighted by atomic mass is 9.98. The average molecular weight is 264 g/mol. The van der Waals surface area contributed by atoms with Crippen LogP contribution in [0.5, 0.6) is 5.75 Å². The van der Waals surface area contributed by atoms with Crippen molar-refractivity contribution in [1.29, 1.82) is 0 Å². The van der Waals surface area contributed by atoms with E-state index in [0.717, 1.165) is 31.8 Å². The molecule has 106 valence electrons. The Morgan fingerprint density at radius 1 is 1.26 bits per heavy atom. The molecule has 1 heterocycles.